The highest BCUT2D eigenvalue weighted by Crippen LogP contribution is 2.32. The summed E-state index contributed by atoms with van der Waals surface area (Å²) in [5, 5.41) is 0. The number of benzene rings is 2. The molecular formula is C14H13BO2. The Morgan fingerprint density at radius 1 is 0.941 bits per heavy atom. The van der Waals surface area contributed by atoms with Crippen molar-refractivity contribution in [3.8, 4) is 5.75 Å². The minimum absolute atomic E-state index is 0.0603. The van der Waals surface area contributed by atoms with Crippen LogP contribution in [0.1, 0.15) is 18.6 Å². The number of hydrogen-bond acceptors (Lipinski definition) is 2. The zero-order valence-electron chi connectivity index (χ0n) is 9.67. The molecule has 0 saturated carbocycles. The summed E-state index contributed by atoms with van der Waals surface area (Å²) in [6.07, 6.45) is 0.0603. The molecule has 0 aliphatic carbocycles. The van der Waals surface area contributed by atoms with Gasteiger partial charge in [0.15, 0.2) is 0 Å². The first-order valence-electron chi connectivity index (χ1n) is 5.80. The first-order chi connectivity index (χ1) is 8.34. The van der Waals surface area contributed by atoms with E-state index >= 15 is 0 Å². The van der Waals surface area contributed by atoms with Crippen molar-refractivity contribution in [2.24, 2.45) is 0 Å². The van der Waals surface area contributed by atoms with Gasteiger partial charge in [0.25, 0.3) is 0 Å². The van der Waals surface area contributed by atoms with Crippen LogP contribution in [0.15, 0.2) is 54.6 Å². The molecule has 1 aliphatic heterocycles. The van der Waals surface area contributed by atoms with Gasteiger partial charge < -0.3 is 9.31 Å². The normalized spacial score (nSPS) is 18.4. The van der Waals surface area contributed by atoms with Gasteiger partial charge in [-0.25, -0.2) is 0 Å². The molecule has 0 amide bonds. The Hall–Kier alpha value is -1.74. The number of rotatable bonds is 1. The third-order valence-corrected chi connectivity index (χ3v) is 2.99. The van der Waals surface area contributed by atoms with E-state index in [1.165, 1.54) is 0 Å². The van der Waals surface area contributed by atoms with Crippen LogP contribution in [0.25, 0.3) is 0 Å². The molecule has 17 heavy (non-hydrogen) atoms. The molecule has 2 aromatic carbocycles. The van der Waals surface area contributed by atoms with Gasteiger partial charge in [0.2, 0.25) is 0 Å². The van der Waals surface area contributed by atoms with E-state index in [-0.39, 0.29) is 13.2 Å². The summed E-state index contributed by atoms with van der Waals surface area (Å²) in [5.74, 6) is 0.917. The van der Waals surface area contributed by atoms with E-state index in [9.17, 15) is 0 Å². The van der Waals surface area contributed by atoms with Gasteiger partial charge in [0.1, 0.15) is 5.75 Å². The second kappa shape index (κ2) is 4.26. The van der Waals surface area contributed by atoms with Crippen molar-refractivity contribution >= 4 is 12.6 Å². The molecule has 0 radical (unpaired) electrons. The van der Waals surface area contributed by atoms with Gasteiger partial charge in [-0.3, -0.25) is 0 Å². The fourth-order valence-electron chi connectivity index (χ4n) is 2.08. The monoisotopic (exact) mass is 224 g/mol. The first kappa shape index (κ1) is 10.4. The smallest absolute Gasteiger partial charge is 0.532 e. The number of para-hydroxylation sites is 1. The molecule has 0 saturated heterocycles. The predicted octanol–water partition coefficient (Wildman–Crippen LogP) is 2.55. The SMILES string of the molecule is CC1OB(c2ccccc2)Oc2ccccc21. The van der Waals surface area contributed by atoms with Gasteiger partial charge in [-0.05, 0) is 18.5 Å². The van der Waals surface area contributed by atoms with Gasteiger partial charge in [-0.2, -0.15) is 0 Å². The lowest BCUT2D eigenvalue weighted by Crippen LogP contribution is -2.43. The molecule has 84 valence electrons. The topological polar surface area (TPSA) is 18.5 Å². The minimum atomic E-state index is -0.305. The third kappa shape index (κ3) is 1.94. The summed E-state index contributed by atoms with van der Waals surface area (Å²) >= 11 is 0. The average Bonchev–Trinajstić information content (AvgIpc) is 2.40. The van der Waals surface area contributed by atoms with E-state index < -0.39 is 0 Å². The van der Waals surface area contributed by atoms with E-state index in [1.54, 1.807) is 0 Å². The van der Waals surface area contributed by atoms with E-state index in [4.69, 9.17) is 9.31 Å². The molecule has 3 heteroatoms. The van der Waals surface area contributed by atoms with Crippen LogP contribution in [-0.4, -0.2) is 7.12 Å². The highest BCUT2D eigenvalue weighted by molar-refractivity contribution is 6.62. The van der Waals surface area contributed by atoms with Crippen LogP contribution in [0.4, 0.5) is 0 Å². The van der Waals surface area contributed by atoms with Crippen molar-refractivity contribution < 1.29 is 9.31 Å². The van der Waals surface area contributed by atoms with Crippen molar-refractivity contribution in [1.82, 2.24) is 0 Å². The van der Waals surface area contributed by atoms with Crippen molar-refractivity contribution in [1.29, 1.82) is 0 Å². The standard InChI is InChI=1S/C14H13BO2/c1-11-13-9-5-6-10-14(13)17-15(16-11)12-7-3-2-4-8-12/h2-11H,1H3. The van der Waals surface area contributed by atoms with Gasteiger partial charge in [-0.1, -0.05) is 48.5 Å². The van der Waals surface area contributed by atoms with Crippen LogP contribution >= 0.6 is 0 Å². The second-order valence-electron chi connectivity index (χ2n) is 4.18. The lowest BCUT2D eigenvalue weighted by Gasteiger charge is -2.28. The lowest BCUT2D eigenvalue weighted by atomic mass is 9.77. The Morgan fingerprint density at radius 2 is 1.65 bits per heavy atom. The first-order valence-corrected chi connectivity index (χ1v) is 5.80. The molecule has 0 aromatic heterocycles. The average molecular weight is 224 g/mol. The maximum atomic E-state index is 5.88. The van der Waals surface area contributed by atoms with Crippen LogP contribution in [0.3, 0.4) is 0 Å². The maximum Gasteiger partial charge on any atom is 0.563 e. The van der Waals surface area contributed by atoms with Crippen LogP contribution in [0.5, 0.6) is 5.75 Å². The summed E-state index contributed by atoms with van der Waals surface area (Å²) in [5.41, 5.74) is 2.16. The Balaban J connectivity index is 1.94. The largest absolute Gasteiger partial charge is 0.563 e. The van der Waals surface area contributed by atoms with Gasteiger partial charge in [0, 0.05) is 5.56 Å². The summed E-state index contributed by atoms with van der Waals surface area (Å²) in [4.78, 5) is 0. The molecule has 1 atom stereocenters. The summed E-state index contributed by atoms with van der Waals surface area (Å²) in [6.45, 7) is 2.05. The summed E-state index contributed by atoms with van der Waals surface area (Å²) < 4.78 is 11.7. The second-order valence-corrected chi connectivity index (χ2v) is 4.18. The quantitative estimate of drug-likeness (QED) is 0.693. The Bertz CT molecular complexity index is 513. The fourth-order valence-corrected chi connectivity index (χ4v) is 2.08. The lowest BCUT2D eigenvalue weighted by molar-refractivity contribution is 0.174. The van der Waals surface area contributed by atoms with E-state index in [0.717, 1.165) is 16.8 Å². The highest BCUT2D eigenvalue weighted by atomic mass is 16.6. The predicted molar refractivity (Wildman–Crippen MR) is 68.4 cm³/mol. The molecule has 2 aromatic rings. The van der Waals surface area contributed by atoms with E-state index in [1.807, 2.05) is 54.6 Å². The molecule has 1 heterocycles. The summed E-state index contributed by atoms with van der Waals surface area (Å²) in [6, 6.07) is 18.0. The fraction of sp³-hybridized carbons (Fsp3) is 0.143. The molecule has 0 fully saturated rings. The molecule has 1 unspecified atom stereocenters. The van der Waals surface area contributed by atoms with Crippen molar-refractivity contribution in [3.05, 3.63) is 60.2 Å². The van der Waals surface area contributed by atoms with Crippen molar-refractivity contribution in [3.63, 3.8) is 0 Å². The molecule has 0 N–H and O–H groups in total. The molecular weight excluding hydrogens is 211 g/mol. The minimum Gasteiger partial charge on any atom is -0.532 e. The Morgan fingerprint density at radius 3 is 2.47 bits per heavy atom. The Labute approximate surface area is 101 Å². The van der Waals surface area contributed by atoms with Crippen LogP contribution in [-0.2, 0) is 4.65 Å². The molecule has 3 rings (SSSR count). The van der Waals surface area contributed by atoms with Crippen LogP contribution < -0.4 is 10.1 Å². The molecule has 1 aliphatic rings. The van der Waals surface area contributed by atoms with Gasteiger partial charge >= 0.3 is 7.12 Å². The zero-order valence-corrected chi connectivity index (χ0v) is 9.67. The molecule has 2 nitrogen and oxygen atoms in total. The van der Waals surface area contributed by atoms with Crippen LogP contribution in [0.2, 0.25) is 0 Å². The third-order valence-electron chi connectivity index (χ3n) is 2.99. The van der Waals surface area contributed by atoms with E-state index in [2.05, 4.69) is 6.92 Å². The van der Waals surface area contributed by atoms with Gasteiger partial charge in [0.05, 0.1) is 6.10 Å². The van der Waals surface area contributed by atoms with Crippen molar-refractivity contribution in [2.45, 2.75) is 13.0 Å². The number of hydrogen-bond donors (Lipinski definition) is 0. The van der Waals surface area contributed by atoms with E-state index in [0.29, 0.717) is 0 Å². The zero-order chi connectivity index (χ0) is 11.7. The van der Waals surface area contributed by atoms with Gasteiger partial charge in [-0.15, -0.1) is 0 Å². The Kier molecular flexibility index (Phi) is 2.61. The maximum absolute atomic E-state index is 5.88. The molecule has 0 bridgehead atoms. The highest BCUT2D eigenvalue weighted by Gasteiger charge is 2.32. The molecule has 0 spiro atoms. The van der Waals surface area contributed by atoms with Crippen molar-refractivity contribution in [2.75, 3.05) is 0 Å². The van der Waals surface area contributed by atoms with Crippen LogP contribution in [0, 0.1) is 0 Å². The summed E-state index contributed by atoms with van der Waals surface area (Å²) in [7, 11) is -0.305. The number of fused-ring (bicyclic) bond motifs is 1.